The number of imide groups is 1. The number of hydrogen-bond acceptors (Lipinski definition) is 5. The molecule has 0 aromatic heterocycles. The van der Waals surface area contributed by atoms with E-state index in [-0.39, 0.29) is 16.6 Å². The number of amides is 3. The molecule has 31 heavy (non-hydrogen) atoms. The summed E-state index contributed by atoms with van der Waals surface area (Å²) in [7, 11) is 0. The van der Waals surface area contributed by atoms with Crippen molar-refractivity contribution in [3.8, 4) is 0 Å². The predicted octanol–water partition coefficient (Wildman–Crippen LogP) is 3.16. The standard InChI is InChI=1S/C23H22ClN3O4/c1-2-15-6-8-18(9-7-15)27-22(29)19(24)20(23(27)30)25-17-5-3-4-16(14-17)21(28)26-10-12-31-13-11-26/h3-9,14,25H,2,10-13H2,1H3. The number of benzene rings is 2. The van der Waals surface area contributed by atoms with Crippen molar-refractivity contribution in [3.05, 3.63) is 70.4 Å². The van der Waals surface area contributed by atoms with Gasteiger partial charge in [-0.25, -0.2) is 4.90 Å². The van der Waals surface area contributed by atoms with Crippen LogP contribution in [0.4, 0.5) is 11.4 Å². The van der Waals surface area contributed by atoms with Gasteiger partial charge in [0.15, 0.2) is 0 Å². The number of nitrogens with one attached hydrogen (secondary N) is 1. The molecule has 4 rings (SSSR count). The second kappa shape index (κ2) is 8.91. The number of halogens is 1. The zero-order chi connectivity index (χ0) is 22.0. The number of carbonyl (C=O) groups excluding carboxylic acids is 3. The third-order valence-corrected chi connectivity index (χ3v) is 5.66. The van der Waals surface area contributed by atoms with Gasteiger partial charge in [0, 0.05) is 24.3 Å². The van der Waals surface area contributed by atoms with Crippen LogP contribution in [0.15, 0.2) is 59.3 Å². The molecule has 2 heterocycles. The minimum absolute atomic E-state index is 0.0118. The SMILES string of the molecule is CCc1ccc(N2C(=O)C(Cl)=C(Nc3cccc(C(=O)N4CCOCC4)c3)C2=O)cc1. The summed E-state index contributed by atoms with van der Waals surface area (Å²) < 4.78 is 5.29. The Bertz CT molecular complexity index is 1060. The quantitative estimate of drug-likeness (QED) is 0.724. The largest absolute Gasteiger partial charge is 0.378 e. The summed E-state index contributed by atoms with van der Waals surface area (Å²) in [6.45, 7) is 4.12. The fourth-order valence-electron chi connectivity index (χ4n) is 3.55. The molecule has 0 bridgehead atoms. The molecule has 0 spiro atoms. The Hall–Kier alpha value is -3.16. The van der Waals surface area contributed by atoms with Crippen molar-refractivity contribution in [2.75, 3.05) is 36.5 Å². The molecule has 1 fully saturated rings. The molecule has 1 N–H and O–H groups in total. The molecule has 2 aliphatic heterocycles. The van der Waals surface area contributed by atoms with Crippen molar-refractivity contribution in [1.29, 1.82) is 0 Å². The molecule has 0 atom stereocenters. The van der Waals surface area contributed by atoms with Crippen LogP contribution in [0, 0.1) is 0 Å². The maximum Gasteiger partial charge on any atom is 0.283 e. The highest BCUT2D eigenvalue weighted by molar-refractivity contribution is 6.53. The fraction of sp³-hybridized carbons (Fsp3) is 0.261. The van der Waals surface area contributed by atoms with Crippen LogP contribution in [-0.4, -0.2) is 48.9 Å². The summed E-state index contributed by atoms with van der Waals surface area (Å²) in [6, 6.07) is 14.0. The first kappa shape index (κ1) is 21.1. The Morgan fingerprint density at radius 1 is 1.06 bits per heavy atom. The number of rotatable bonds is 5. The Balaban J connectivity index is 1.54. The molecule has 0 radical (unpaired) electrons. The average Bonchev–Trinajstić information content (AvgIpc) is 3.02. The topological polar surface area (TPSA) is 79.0 Å². The van der Waals surface area contributed by atoms with E-state index in [4.69, 9.17) is 16.3 Å². The van der Waals surface area contributed by atoms with E-state index in [1.54, 1.807) is 41.3 Å². The molecule has 2 aromatic rings. The van der Waals surface area contributed by atoms with Gasteiger partial charge in [-0.15, -0.1) is 0 Å². The number of carbonyl (C=O) groups is 3. The molecular formula is C23H22ClN3O4. The van der Waals surface area contributed by atoms with E-state index in [1.807, 2.05) is 19.1 Å². The van der Waals surface area contributed by atoms with Crippen LogP contribution >= 0.6 is 11.6 Å². The van der Waals surface area contributed by atoms with E-state index in [0.717, 1.165) is 16.9 Å². The smallest absolute Gasteiger partial charge is 0.283 e. The summed E-state index contributed by atoms with van der Waals surface area (Å²) in [5.41, 5.74) is 2.52. The highest BCUT2D eigenvalue weighted by atomic mass is 35.5. The van der Waals surface area contributed by atoms with Crippen molar-refractivity contribution in [3.63, 3.8) is 0 Å². The lowest BCUT2D eigenvalue weighted by molar-refractivity contribution is -0.120. The van der Waals surface area contributed by atoms with Crippen LogP contribution < -0.4 is 10.2 Å². The number of aryl methyl sites for hydroxylation is 1. The number of nitrogens with zero attached hydrogens (tertiary/aromatic N) is 2. The molecule has 1 saturated heterocycles. The lowest BCUT2D eigenvalue weighted by Crippen LogP contribution is -2.40. The van der Waals surface area contributed by atoms with Gasteiger partial charge in [-0.3, -0.25) is 14.4 Å². The Morgan fingerprint density at radius 2 is 1.77 bits per heavy atom. The molecule has 160 valence electrons. The van der Waals surface area contributed by atoms with Crippen molar-refractivity contribution < 1.29 is 19.1 Å². The second-order valence-electron chi connectivity index (χ2n) is 7.27. The van der Waals surface area contributed by atoms with Crippen LogP contribution in [0.5, 0.6) is 0 Å². The minimum Gasteiger partial charge on any atom is -0.378 e. The van der Waals surface area contributed by atoms with E-state index in [9.17, 15) is 14.4 Å². The molecule has 2 aromatic carbocycles. The van der Waals surface area contributed by atoms with E-state index >= 15 is 0 Å². The third-order valence-electron chi connectivity index (χ3n) is 5.31. The number of hydrogen-bond donors (Lipinski definition) is 1. The molecule has 2 aliphatic rings. The van der Waals surface area contributed by atoms with Crippen LogP contribution in [0.2, 0.25) is 0 Å². The molecule has 7 nitrogen and oxygen atoms in total. The van der Waals surface area contributed by atoms with Crippen molar-refractivity contribution in [1.82, 2.24) is 4.90 Å². The van der Waals surface area contributed by atoms with Crippen LogP contribution in [-0.2, 0) is 20.7 Å². The van der Waals surface area contributed by atoms with E-state index < -0.39 is 11.8 Å². The minimum atomic E-state index is -0.584. The van der Waals surface area contributed by atoms with Crippen LogP contribution in [0.25, 0.3) is 0 Å². The van der Waals surface area contributed by atoms with Gasteiger partial charge in [-0.05, 0) is 42.3 Å². The number of ether oxygens (including phenoxy) is 1. The van der Waals surface area contributed by atoms with E-state index in [1.165, 1.54) is 0 Å². The highest BCUT2D eigenvalue weighted by Gasteiger charge is 2.39. The zero-order valence-corrected chi connectivity index (χ0v) is 17.8. The zero-order valence-electron chi connectivity index (χ0n) is 17.1. The molecular weight excluding hydrogens is 418 g/mol. The van der Waals surface area contributed by atoms with E-state index in [2.05, 4.69) is 5.32 Å². The van der Waals surface area contributed by atoms with E-state index in [0.29, 0.717) is 43.2 Å². The van der Waals surface area contributed by atoms with Gasteiger partial charge >= 0.3 is 0 Å². The fourth-order valence-corrected chi connectivity index (χ4v) is 3.76. The lowest BCUT2D eigenvalue weighted by Gasteiger charge is -2.27. The van der Waals surface area contributed by atoms with Gasteiger partial charge in [-0.2, -0.15) is 0 Å². The predicted molar refractivity (Wildman–Crippen MR) is 118 cm³/mol. The first-order chi connectivity index (χ1) is 15.0. The van der Waals surface area contributed by atoms with Crippen molar-refractivity contribution >= 4 is 40.7 Å². The maximum absolute atomic E-state index is 13.0. The third kappa shape index (κ3) is 4.19. The van der Waals surface area contributed by atoms with Crippen LogP contribution in [0.3, 0.4) is 0 Å². The first-order valence-corrected chi connectivity index (χ1v) is 10.5. The summed E-state index contributed by atoms with van der Waals surface area (Å²) in [6.07, 6.45) is 0.855. The molecule has 8 heteroatoms. The van der Waals surface area contributed by atoms with Crippen molar-refractivity contribution in [2.24, 2.45) is 0 Å². The summed E-state index contributed by atoms with van der Waals surface area (Å²) in [5, 5.41) is 2.75. The maximum atomic E-state index is 13.0. The molecule has 0 saturated carbocycles. The Morgan fingerprint density at radius 3 is 2.45 bits per heavy atom. The van der Waals surface area contributed by atoms with Gasteiger partial charge in [0.1, 0.15) is 10.7 Å². The monoisotopic (exact) mass is 439 g/mol. The summed E-state index contributed by atoms with van der Waals surface area (Å²) >= 11 is 6.22. The molecule has 0 unspecified atom stereocenters. The normalized spacial score (nSPS) is 16.8. The van der Waals surface area contributed by atoms with Gasteiger partial charge in [0.2, 0.25) is 0 Å². The Labute approximate surface area is 185 Å². The molecule has 3 amide bonds. The number of anilines is 2. The van der Waals surface area contributed by atoms with Gasteiger partial charge in [0.25, 0.3) is 17.7 Å². The Kier molecular flexibility index (Phi) is 6.06. The highest BCUT2D eigenvalue weighted by Crippen LogP contribution is 2.30. The van der Waals surface area contributed by atoms with Gasteiger partial charge < -0.3 is 15.0 Å². The average molecular weight is 440 g/mol. The second-order valence-corrected chi connectivity index (χ2v) is 7.64. The lowest BCUT2D eigenvalue weighted by atomic mass is 10.1. The first-order valence-electron chi connectivity index (χ1n) is 10.1. The van der Waals surface area contributed by atoms with Gasteiger partial charge in [-0.1, -0.05) is 36.7 Å². The number of morpholine rings is 1. The van der Waals surface area contributed by atoms with Crippen molar-refractivity contribution in [2.45, 2.75) is 13.3 Å². The molecule has 0 aliphatic carbocycles. The summed E-state index contributed by atoms with van der Waals surface area (Å²) in [4.78, 5) is 41.1. The van der Waals surface area contributed by atoms with Gasteiger partial charge in [0.05, 0.1) is 18.9 Å². The summed E-state index contributed by atoms with van der Waals surface area (Å²) in [5.74, 6) is -1.23. The van der Waals surface area contributed by atoms with Crippen LogP contribution in [0.1, 0.15) is 22.8 Å².